The van der Waals surface area contributed by atoms with Crippen LogP contribution in [0.1, 0.15) is 38.0 Å². The molecule has 1 aliphatic heterocycles. The Bertz CT molecular complexity index is 822. The number of fused-ring (bicyclic) bond motifs is 1. The zero-order valence-electron chi connectivity index (χ0n) is 15.2. The second kappa shape index (κ2) is 6.67. The van der Waals surface area contributed by atoms with Crippen molar-refractivity contribution in [2.24, 2.45) is 11.8 Å². The third-order valence-electron chi connectivity index (χ3n) is 6.14. The van der Waals surface area contributed by atoms with Crippen molar-refractivity contribution in [1.82, 2.24) is 25.0 Å². The van der Waals surface area contributed by atoms with Crippen molar-refractivity contribution in [3.63, 3.8) is 0 Å². The second-order valence-corrected chi connectivity index (χ2v) is 7.99. The SMILES string of the molecule is O=C(COCC1CC1)N1C[C@H]2CCC[C@@]2(c2nc(-c3cnccn3)no2)C1. The third-order valence-corrected chi connectivity index (χ3v) is 6.14. The quantitative estimate of drug-likeness (QED) is 0.767. The molecule has 2 aliphatic carbocycles. The van der Waals surface area contributed by atoms with Gasteiger partial charge < -0.3 is 14.2 Å². The van der Waals surface area contributed by atoms with Crippen molar-refractivity contribution in [2.75, 3.05) is 26.3 Å². The third kappa shape index (κ3) is 3.12. The molecule has 2 aromatic heterocycles. The van der Waals surface area contributed by atoms with E-state index in [-0.39, 0.29) is 17.9 Å². The Hall–Kier alpha value is -2.35. The number of ether oxygens (including phenoxy) is 1. The number of rotatable bonds is 6. The fourth-order valence-electron chi connectivity index (χ4n) is 4.46. The van der Waals surface area contributed by atoms with Crippen LogP contribution in [0.5, 0.6) is 0 Å². The highest BCUT2D eigenvalue weighted by molar-refractivity contribution is 5.78. The van der Waals surface area contributed by atoms with Crippen molar-refractivity contribution in [2.45, 2.75) is 37.5 Å². The highest BCUT2D eigenvalue weighted by atomic mass is 16.5. The lowest BCUT2D eigenvalue weighted by Gasteiger charge is -2.24. The molecule has 1 amide bonds. The summed E-state index contributed by atoms with van der Waals surface area (Å²) in [5.41, 5.74) is 0.359. The summed E-state index contributed by atoms with van der Waals surface area (Å²) in [4.78, 5) is 27.4. The number of likely N-dealkylation sites (tertiary alicyclic amines) is 1. The Labute approximate surface area is 157 Å². The van der Waals surface area contributed by atoms with E-state index in [1.807, 2.05) is 4.90 Å². The first-order chi connectivity index (χ1) is 13.2. The topological polar surface area (TPSA) is 94.2 Å². The fourth-order valence-corrected chi connectivity index (χ4v) is 4.46. The van der Waals surface area contributed by atoms with Crippen LogP contribution in [0.25, 0.3) is 11.5 Å². The van der Waals surface area contributed by atoms with E-state index in [4.69, 9.17) is 9.26 Å². The smallest absolute Gasteiger partial charge is 0.248 e. The zero-order chi connectivity index (χ0) is 18.3. The van der Waals surface area contributed by atoms with Crippen LogP contribution < -0.4 is 0 Å². The van der Waals surface area contributed by atoms with E-state index in [0.717, 1.165) is 25.8 Å². The summed E-state index contributed by atoms with van der Waals surface area (Å²) in [6, 6.07) is 0. The predicted molar refractivity (Wildman–Crippen MR) is 94.5 cm³/mol. The molecular weight excluding hydrogens is 346 g/mol. The molecule has 0 unspecified atom stereocenters. The molecule has 3 fully saturated rings. The average molecular weight is 369 g/mol. The van der Waals surface area contributed by atoms with Crippen LogP contribution in [0, 0.1) is 11.8 Å². The minimum Gasteiger partial charge on any atom is -0.371 e. The molecule has 2 aromatic rings. The lowest BCUT2D eigenvalue weighted by Crippen LogP contribution is -2.36. The van der Waals surface area contributed by atoms with Crippen LogP contribution in [0.3, 0.4) is 0 Å². The minimum absolute atomic E-state index is 0.0677. The van der Waals surface area contributed by atoms with Crippen molar-refractivity contribution in [3.8, 4) is 11.5 Å². The first-order valence-electron chi connectivity index (χ1n) is 9.71. The van der Waals surface area contributed by atoms with Crippen molar-refractivity contribution in [3.05, 3.63) is 24.5 Å². The molecule has 2 saturated carbocycles. The Morgan fingerprint density at radius 3 is 3.07 bits per heavy atom. The monoisotopic (exact) mass is 369 g/mol. The Balaban J connectivity index is 1.32. The van der Waals surface area contributed by atoms with Gasteiger partial charge in [0, 0.05) is 25.5 Å². The maximum atomic E-state index is 12.6. The van der Waals surface area contributed by atoms with E-state index in [1.165, 1.54) is 12.8 Å². The van der Waals surface area contributed by atoms with E-state index >= 15 is 0 Å². The van der Waals surface area contributed by atoms with Crippen LogP contribution in [0.15, 0.2) is 23.1 Å². The maximum absolute atomic E-state index is 12.6. The summed E-state index contributed by atoms with van der Waals surface area (Å²) in [5.74, 6) is 2.17. The van der Waals surface area contributed by atoms with Gasteiger partial charge in [-0.15, -0.1) is 0 Å². The number of aromatic nitrogens is 4. The highest BCUT2D eigenvalue weighted by Crippen LogP contribution is 2.50. The van der Waals surface area contributed by atoms with E-state index in [9.17, 15) is 4.79 Å². The lowest BCUT2D eigenvalue weighted by molar-refractivity contribution is -0.135. The van der Waals surface area contributed by atoms with Gasteiger partial charge in [0.15, 0.2) is 0 Å². The van der Waals surface area contributed by atoms with Crippen molar-refractivity contribution >= 4 is 5.91 Å². The molecule has 0 spiro atoms. The number of nitrogens with zero attached hydrogens (tertiary/aromatic N) is 5. The predicted octanol–water partition coefficient (Wildman–Crippen LogP) is 1.83. The van der Waals surface area contributed by atoms with E-state index in [0.29, 0.717) is 42.4 Å². The summed E-state index contributed by atoms with van der Waals surface area (Å²) in [5, 5.41) is 4.12. The van der Waals surface area contributed by atoms with Gasteiger partial charge in [-0.1, -0.05) is 11.6 Å². The molecular formula is C19H23N5O3. The summed E-state index contributed by atoms with van der Waals surface area (Å²) in [6.45, 7) is 2.26. The van der Waals surface area contributed by atoms with Crippen molar-refractivity contribution < 1.29 is 14.1 Å². The number of amides is 1. The highest BCUT2D eigenvalue weighted by Gasteiger charge is 2.55. The molecule has 5 rings (SSSR count). The molecule has 8 nitrogen and oxygen atoms in total. The van der Waals surface area contributed by atoms with Crippen LogP contribution in [-0.2, 0) is 14.9 Å². The van der Waals surface area contributed by atoms with Crippen LogP contribution in [0.4, 0.5) is 0 Å². The van der Waals surface area contributed by atoms with Crippen LogP contribution in [0.2, 0.25) is 0 Å². The van der Waals surface area contributed by atoms with Gasteiger partial charge in [-0.2, -0.15) is 4.98 Å². The van der Waals surface area contributed by atoms with E-state index < -0.39 is 0 Å². The first-order valence-corrected chi connectivity index (χ1v) is 9.71. The lowest BCUT2D eigenvalue weighted by atomic mass is 9.80. The Morgan fingerprint density at radius 2 is 2.26 bits per heavy atom. The van der Waals surface area contributed by atoms with Gasteiger partial charge in [-0.3, -0.25) is 9.78 Å². The maximum Gasteiger partial charge on any atom is 0.248 e. The normalized spacial score (nSPS) is 27.1. The van der Waals surface area contributed by atoms with Gasteiger partial charge in [0.2, 0.25) is 17.6 Å². The van der Waals surface area contributed by atoms with E-state index in [2.05, 4.69) is 20.1 Å². The number of carbonyl (C=O) groups is 1. The molecule has 0 aromatic carbocycles. The summed E-state index contributed by atoms with van der Waals surface area (Å²) in [7, 11) is 0. The summed E-state index contributed by atoms with van der Waals surface area (Å²) < 4.78 is 11.3. The molecule has 27 heavy (non-hydrogen) atoms. The fraction of sp³-hybridized carbons (Fsp3) is 0.632. The van der Waals surface area contributed by atoms with Gasteiger partial charge in [0.25, 0.3) is 0 Å². The summed E-state index contributed by atoms with van der Waals surface area (Å²) in [6.07, 6.45) is 10.5. The first kappa shape index (κ1) is 16.8. The molecule has 3 aliphatic rings. The van der Waals surface area contributed by atoms with Crippen LogP contribution >= 0.6 is 0 Å². The minimum atomic E-state index is -0.236. The van der Waals surface area contributed by atoms with Gasteiger partial charge in [0.05, 0.1) is 18.2 Å². The molecule has 3 heterocycles. The van der Waals surface area contributed by atoms with E-state index in [1.54, 1.807) is 18.6 Å². The second-order valence-electron chi connectivity index (χ2n) is 7.99. The average Bonchev–Trinajstić information content (AvgIpc) is 3.09. The van der Waals surface area contributed by atoms with Gasteiger partial charge in [-0.25, -0.2) is 4.98 Å². The van der Waals surface area contributed by atoms with Gasteiger partial charge in [0.1, 0.15) is 12.3 Å². The number of carbonyl (C=O) groups excluding carboxylic acids is 1. The zero-order valence-corrected chi connectivity index (χ0v) is 15.2. The molecule has 2 atom stereocenters. The van der Waals surface area contributed by atoms with Gasteiger partial charge >= 0.3 is 0 Å². The molecule has 142 valence electrons. The Kier molecular flexibility index (Phi) is 4.15. The molecule has 8 heteroatoms. The molecule has 1 saturated heterocycles. The summed E-state index contributed by atoms with van der Waals surface area (Å²) >= 11 is 0. The van der Waals surface area contributed by atoms with Gasteiger partial charge in [-0.05, 0) is 37.5 Å². The molecule has 0 N–H and O–H groups in total. The van der Waals surface area contributed by atoms with Crippen LogP contribution in [-0.4, -0.2) is 57.2 Å². The largest absolute Gasteiger partial charge is 0.371 e. The number of hydrogen-bond acceptors (Lipinski definition) is 7. The molecule has 0 radical (unpaired) electrons. The standard InChI is InChI=1S/C19H23N5O3/c25-16(11-26-10-13-3-4-13)24-9-14-2-1-5-19(14,12-24)18-22-17(23-27-18)15-8-20-6-7-21-15/h6-8,13-14H,1-5,9-12H2/t14-,19-/m1/s1. The van der Waals surface area contributed by atoms with Crippen molar-refractivity contribution in [1.29, 1.82) is 0 Å². The number of hydrogen-bond donors (Lipinski definition) is 0. The molecule has 0 bridgehead atoms. The Morgan fingerprint density at radius 1 is 1.33 bits per heavy atom.